The van der Waals surface area contributed by atoms with Crippen molar-refractivity contribution in [2.45, 2.75) is 48.5 Å². The van der Waals surface area contributed by atoms with E-state index in [0.717, 1.165) is 0 Å². The summed E-state index contributed by atoms with van der Waals surface area (Å²) in [5.41, 5.74) is -0.924. The van der Waals surface area contributed by atoms with Gasteiger partial charge in [-0.2, -0.15) is 0 Å². The molecule has 0 aliphatic carbocycles. The third-order valence-corrected chi connectivity index (χ3v) is 2.78. The van der Waals surface area contributed by atoms with E-state index >= 15 is 0 Å². The first-order valence-corrected chi connectivity index (χ1v) is 6.02. The highest BCUT2D eigenvalue weighted by molar-refractivity contribution is 5.75. The molecule has 0 aromatic heterocycles. The van der Waals surface area contributed by atoms with Crippen molar-refractivity contribution in [1.29, 1.82) is 0 Å². The van der Waals surface area contributed by atoms with Crippen molar-refractivity contribution in [3.63, 3.8) is 0 Å². The first-order valence-electron chi connectivity index (χ1n) is 6.02. The van der Waals surface area contributed by atoms with Crippen molar-refractivity contribution in [2.75, 3.05) is 20.3 Å². The number of carbonyl (C=O) groups excluding carboxylic acids is 2. The molecule has 0 fully saturated rings. The third-order valence-electron chi connectivity index (χ3n) is 2.78. The second kappa shape index (κ2) is 8.02. The average Bonchev–Trinajstić information content (AvgIpc) is 2.33. The molecule has 0 aromatic rings. The first-order chi connectivity index (χ1) is 8.14. The van der Waals surface area contributed by atoms with E-state index in [0.29, 0.717) is 6.42 Å². The molecule has 0 unspecified atom stereocenters. The molecule has 5 nitrogen and oxygen atoms in total. The normalized spacial score (nSPS) is 11.3. The molecular weight excluding hydrogens is 248 g/mol. The fraction of sp³-hybridized carbons (Fsp3) is 0.857. The van der Waals surface area contributed by atoms with Gasteiger partial charge < -0.3 is 14.2 Å². The molecule has 0 heterocycles. The number of hydrogen-bond acceptors (Lipinski definition) is 5. The molecule has 0 saturated heterocycles. The Kier molecular flexibility index (Phi) is 8.47. The monoisotopic (exact) mass is 276 g/mol. The topological polar surface area (TPSA) is 61.8 Å². The van der Waals surface area contributed by atoms with E-state index in [1.54, 1.807) is 0 Å². The van der Waals surface area contributed by atoms with Crippen LogP contribution in [0.15, 0.2) is 0 Å². The van der Waals surface area contributed by atoms with Gasteiger partial charge in [-0.3, -0.25) is 4.79 Å². The summed E-state index contributed by atoms with van der Waals surface area (Å²) in [6.45, 7) is 9.66. The lowest BCUT2D eigenvalue weighted by Gasteiger charge is -2.26. The number of carbonyl (C=O) groups is 2. The standard InChI is InChI=1S/C13H24O5.CH4/c1-7-13(4,5)10(14)17-8-12(2,3)9-18-11(15)16-6;/h7-9H2,1-6H3;1H4. The smallest absolute Gasteiger partial charge is 0.465 e. The quantitative estimate of drug-likeness (QED) is 0.696. The minimum atomic E-state index is -0.733. The van der Waals surface area contributed by atoms with Crippen molar-refractivity contribution < 1.29 is 23.8 Å². The van der Waals surface area contributed by atoms with Crippen LogP contribution < -0.4 is 0 Å². The van der Waals surface area contributed by atoms with Crippen LogP contribution in [0.5, 0.6) is 0 Å². The van der Waals surface area contributed by atoms with Crippen LogP contribution in [0.2, 0.25) is 0 Å². The molecule has 0 amide bonds. The lowest BCUT2D eigenvalue weighted by atomic mass is 9.90. The van der Waals surface area contributed by atoms with E-state index < -0.39 is 17.0 Å². The van der Waals surface area contributed by atoms with Gasteiger partial charge in [-0.15, -0.1) is 0 Å². The summed E-state index contributed by atoms with van der Waals surface area (Å²) in [6, 6.07) is 0. The summed E-state index contributed by atoms with van der Waals surface area (Å²) in [5.74, 6) is -0.240. The number of ether oxygens (including phenoxy) is 3. The van der Waals surface area contributed by atoms with Crippen LogP contribution in [0.1, 0.15) is 48.5 Å². The maximum absolute atomic E-state index is 11.8. The highest BCUT2D eigenvalue weighted by Gasteiger charge is 2.30. The van der Waals surface area contributed by atoms with Crippen LogP contribution in [0, 0.1) is 10.8 Å². The number of methoxy groups -OCH3 is 1. The molecule has 0 atom stereocenters. The van der Waals surface area contributed by atoms with Crippen molar-refractivity contribution in [3.05, 3.63) is 0 Å². The predicted octanol–water partition coefficient (Wildman–Crippen LogP) is 3.41. The van der Waals surface area contributed by atoms with Crippen molar-refractivity contribution in [2.24, 2.45) is 10.8 Å². The molecule has 0 aliphatic rings. The van der Waals surface area contributed by atoms with Crippen molar-refractivity contribution in [1.82, 2.24) is 0 Å². The van der Waals surface area contributed by atoms with Gasteiger partial charge in [-0.1, -0.05) is 28.2 Å². The highest BCUT2D eigenvalue weighted by Crippen LogP contribution is 2.24. The van der Waals surface area contributed by atoms with Crippen LogP contribution in [0.25, 0.3) is 0 Å². The lowest BCUT2D eigenvalue weighted by molar-refractivity contribution is -0.158. The predicted molar refractivity (Wildman–Crippen MR) is 73.9 cm³/mol. The van der Waals surface area contributed by atoms with Gasteiger partial charge in [0, 0.05) is 5.41 Å². The maximum atomic E-state index is 11.8. The summed E-state index contributed by atoms with van der Waals surface area (Å²) in [4.78, 5) is 22.6. The lowest BCUT2D eigenvalue weighted by Crippen LogP contribution is -2.33. The summed E-state index contributed by atoms with van der Waals surface area (Å²) in [7, 11) is 1.25. The number of rotatable bonds is 6. The van der Waals surface area contributed by atoms with Crippen LogP contribution in [0.4, 0.5) is 4.79 Å². The molecule has 19 heavy (non-hydrogen) atoms. The Labute approximate surface area is 116 Å². The highest BCUT2D eigenvalue weighted by atomic mass is 16.7. The van der Waals surface area contributed by atoms with Crippen molar-refractivity contribution >= 4 is 12.1 Å². The van der Waals surface area contributed by atoms with E-state index in [9.17, 15) is 9.59 Å². The van der Waals surface area contributed by atoms with Gasteiger partial charge in [0.15, 0.2) is 0 Å². The molecule has 0 aromatic carbocycles. The van der Waals surface area contributed by atoms with E-state index in [1.807, 2.05) is 34.6 Å². The van der Waals surface area contributed by atoms with Gasteiger partial charge in [0.05, 0.1) is 19.1 Å². The van der Waals surface area contributed by atoms with E-state index in [-0.39, 0.29) is 26.6 Å². The van der Waals surface area contributed by atoms with E-state index in [4.69, 9.17) is 9.47 Å². The Bertz CT molecular complexity index is 294. The molecule has 0 N–H and O–H groups in total. The molecule has 0 radical (unpaired) electrons. The molecular formula is C14H28O5. The van der Waals surface area contributed by atoms with Gasteiger partial charge in [-0.25, -0.2) is 4.79 Å². The number of hydrogen-bond donors (Lipinski definition) is 0. The Morgan fingerprint density at radius 2 is 1.47 bits per heavy atom. The van der Waals surface area contributed by atoms with Crippen molar-refractivity contribution in [3.8, 4) is 0 Å². The van der Waals surface area contributed by atoms with Gasteiger partial charge >= 0.3 is 12.1 Å². The molecule has 0 saturated carbocycles. The molecule has 0 bridgehead atoms. The Hall–Kier alpha value is -1.26. The van der Waals surface area contributed by atoms with Crippen LogP contribution in [0.3, 0.4) is 0 Å². The zero-order valence-electron chi connectivity index (χ0n) is 12.2. The van der Waals surface area contributed by atoms with Crippen LogP contribution in [-0.2, 0) is 19.0 Å². The first kappa shape index (κ1) is 20.1. The largest absolute Gasteiger partial charge is 0.507 e. The van der Waals surface area contributed by atoms with Crippen LogP contribution >= 0.6 is 0 Å². The molecule has 5 heteroatoms. The minimum Gasteiger partial charge on any atom is -0.465 e. The third kappa shape index (κ3) is 7.70. The Balaban J connectivity index is 0. The zero-order chi connectivity index (χ0) is 14.4. The second-order valence-corrected chi connectivity index (χ2v) is 5.72. The fourth-order valence-corrected chi connectivity index (χ4v) is 0.956. The molecule has 0 aliphatic heterocycles. The van der Waals surface area contributed by atoms with Gasteiger partial charge in [-0.05, 0) is 20.3 Å². The van der Waals surface area contributed by atoms with E-state index in [2.05, 4.69) is 4.74 Å². The average molecular weight is 276 g/mol. The minimum absolute atomic E-state index is 0. The van der Waals surface area contributed by atoms with Gasteiger partial charge in [0.25, 0.3) is 0 Å². The second-order valence-electron chi connectivity index (χ2n) is 5.72. The van der Waals surface area contributed by atoms with Gasteiger partial charge in [0.2, 0.25) is 0 Å². The Morgan fingerprint density at radius 3 is 1.89 bits per heavy atom. The summed E-state index contributed by atoms with van der Waals surface area (Å²) < 4.78 is 14.5. The van der Waals surface area contributed by atoms with Crippen LogP contribution in [-0.4, -0.2) is 32.4 Å². The summed E-state index contributed by atoms with van der Waals surface area (Å²) in [6.07, 6.45) is -0.0198. The zero-order valence-corrected chi connectivity index (χ0v) is 12.2. The molecule has 114 valence electrons. The Morgan fingerprint density at radius 1 is 1.00 bits per heavy atom. The van der Waals surface area contributed by atoms with Gasteiger partial charge in [0.1, 0.15) is 6.61 Å². The number of esters is 1. The SMILES string of the molecule is C.CCC(C)(C)C(=O)OCC(C)(C)COC(=O)OC. The summed E-state index contributed by atoms with van der Waals surface area (Å²) in [5, 5.41) is 0. The van der Waals surface area contributed by atoms with E-state index in [1.165, 1.54) is 7.11 Å². The molecule has 0 rings (SSSR count). The fourth-order valence-electron chi connectivity index (χ4n) is 0.956. The summed E-state index contributed by atoms with van der Waals surface area (Å²) >= 11 is 0. The molecule has 0 spiro atoms. The maximum Gasteiger partial charge on any atom is 0.507 e.